The predicted molar refractivity (Wildman–Crippen MR) is 90.4 cm³/mol. The molecule has 22 heavy (non-hydrogen) atoms. The minimum atomic E-state index is -0.306. The molecule has 2 fully saturated rings. The van der Waals surface area contributed by atoms with Gasteiger partial charge in [-0.05, 0) is 57.2 Å². The first-order valence-corrected chi connectivity index (χ1v) is 8.22. The molecule has 2 rings (SSSR count). The Kier molecular flexibility index (Phi) is 6.40. The molecule has 3 nitrogen and oxygen atoms in total. The van der Waals surface area contributed by atoms with E-state index >= 15 is 0 Å². The van der Waals surface area contributed by atoms with Crippen LogP contribution >= 0.6 is 0 Å². The number of hydrogen-bond acceptors (Lipinski definition) is 3. The molecule has 122 valence electrons. The van der Waals surface area contributed by atoms with Crippen LogP contribution in [0.1, 0.15) is 32.1 Å². The van der Waals surface area contributed by atoms with Crippen molar-refractivity contribution in [3.8, 4) is 0 Å². The number of likely N-dealkylation sites (N-methyl/N-ethyl adjacent to an activating group) is 1. The predicted octanol–water partition coefficient (Wildman–Crippen LogP) is 3.66. The molecule has 2 aliphatic rings. The van der Waals surface area contributed by atoms with Crippen LogP contribution in [0.3, 0.4) is 0 Å². The van der Waals surface area contributed by atoms with Crippen molar-refractivity contribution < 1.29 is 4.39 Å². The molecular weight excluding hydrogens is 277 g/mol. The molecule has 0 aliphatic heterocycles. The number of hydrazine groups is 1. The molecule has 0 atom stereocenters. The molecule has 0 radical (unpaired) electrons. The van der Waals surface area contributed by atoms with E-state index < -0.39 is 0 Å². The first-order chi connectivity index (χ1) is 10.7. The van der Waals surface area contributed by atoms with Crippen LogP contribution < -0.4 is 10.7 Å². The van der Waals surface area contributed by atoms with Crippen molar-refractivity contribution in [1.29, 1.82) is 0 Å². The Labute approximate surface area is 133 Å². The number of allylic oxidation sites excluding steroid dienone is 5. The molecule has 0 amide bonds. The highest BCUT2D eigenvalue weighted by molar-refractivity contribution is 5.31. The minimum absolute atomic E-state index is 0.306. The summed E-state index contributed by atoms with van der Waals surface area (Å²) in [5.41, 5.74) is 4.89. The summed E-state index contributed by atoms with van der Waals surface area (Å²) in [5, 5.41) is 4.93. The van der Waals surface area contributed by atoms with Crippen molar-refractivity contribution in [3.05, 3.63) is 48.1 Å². The van der Waals surface area contributed by atoms with Gasteiger partial charge < -0.3 is 5.32 Å². The Morgan fingerprint density at radius 1 is 1.27 bits per heavy atom. The topological polar surface area (TPSA) is 27.3 Å². The molecule has 0 aromatic carbocycles. The quantitative estimate of drug-likeness (QED) is 0.476. The SMILES string of the molecule is C=C/C(F)=C(\C=C/CNC)N(NC)/C(=C\CC1CC1)C1CC1. The van der Waals surface area contributed by atoms with E-state index in [-0.39, 0.29) is 5.83 Å². The number of nitrogens with one attached hydrogen (secondary N) is 2. The molecule has 4 heteroatoms. The molecule has 0 bridgehead atoms. The fourth-order valence-corrected chi connectivity index (χ4v) is 2.50. The summed E-state index contributed by atoms with van der Waals surface area (Å²) in [6.07, 6.45) is 13.5. The van der Waals surface area contributed by atoms with Gasteiger partial charge >= 0.3 is 0 Å². The number of hydrogen-bond donors (Lipinski definition) is 2. The Hall–Kier alpha value is -1.39. The second kappa shape index (κ2) is 8.30. The van der Waals surface area contributed by atoms with Crippen LogP contribution in [-0.2, 0) is 0 Å². The van der Waals surface area contributed by atoms with Crippen LogP contribution in [0, 0.1) is 11.8 Å². The van der Waals surface area contributed by atoms with Crippen LogP contribution in [0.15, 0.2) is 48.1 Å². The lowest BCUT2D eigenvalue weighted by molar-refractivity contribution is 0.322. The molecule has 2 saturated carbocycles. The lowest BCUT2D eigenvalue weighted by atomic mass is 10.1. The van der Waals surface area contributed by atoms with Crippen LogP contribution in [-0.4, -0.2) is 25.6 Å². The average molecular weight is 305 g/mol. The average Bonchev–Trinajstić information content (AvgIpc) is 3.41. The van der Waals surface area contributed by atoms with E-state index in [0.717, 1.165) is 12.3 Å². The first kappa shape index (κ1) is 17.0. The van der Waals surface area contributed by atoms with Gasteiger partial charge in [-0.1, -0.05) is 18.7 Å². The van der Waals surface area contributed by atoms with E-state index in [1.54, 1.807) is 0 Å². The van der Waals surface area contributed by atoms with Gasteiger partial charge in [0.15, 0.2) is 0 Å². The standard InChI is InChI=1S/C18H28FN3/c1-4-16(19)18(6-5-13-20-2)22(21-3)17(15-10-11-15)12-9-14-7-8-14/h4-6,12,14-15,20-21H,1,7-11,13H2,2-3H3/b6-5-,17-12-,18-16-. The van der Waals surface area contributed by atoms with Crippen molar-refractivity contribution in [2.75, 3.05) is 20.6 Å². The molecule has 0 unspecified atom stereocenters. The maximum atomic E-state index is 14.3. The van der Waals surface area contributed by atoms with Crippen molar-refractivity contribution in [2.24, 2.45) is 11.8 Å². The van der Waals surface area contributed by atoms with Gasteiger partial charge in [-0.3, -0.25) is 5.01 Å². The third-order valence-electron chi connectivity index (χ3n) is 4.10. The molecule has 0 heterocycles. The zero-order valence-electron chi connectivity index (χ0n) is 13.7. The molecule has 0 aromatic heterocycles. The maximum Gasteiger partial charge on any atom is 0.147 e. The van der Waals surface area contributed by atoms with E-state index in [2.05, 4.69) is 23.4 Å². The summed E-state index contributed by atoms with van der Waals surface area (Å²) in [5.74, 6) is 1.08. The van der Waals surface area contributed by atoms with Gasteiger partial charge in [0, 0.05) is 25.2 Å². The Bertz CT molecular complexity index is 471. The Balaban J connectivity index is 2.22. The monoisotopic (exact) mass is 305 g/mol. The molecule has 0 saturated heterocycles. The van der Waals surface area contributed by atoms with Crippen molar-refractivity contribution in [3.63, 3.8) is 0 Å². The van der Waals surface area contributed by atoms with Gasteiger partial charge in [0.1, 0.15) is 5.83 Å². The lowest BCUT2D eigenvalue weighted by Gasteiger charge is -2.28. The van der Waals surface area contributed by atoms with Crippen LogP contribution in [0.25, 0.3) is 0 Å². The van der Waals surface area contributed by atoms with Gasteiger partial charge in [0.05, 0.1) is 5.70 Å². The fourth-order valence-electron chi connectivity index (χ4n) is 2.50. The zero-order valence-corrected chi connectivity index (χ0v) is 13.7. The van der Waals surface area contributed by atoms with Crippen LogP contribution in [0.4, 0.5) is 4.39 Å². The van der Waals surface area contributed by atoms with Crippen LogP contribution in [0.5, 0.6) is 0 Å². The van der Waals surface area contributed by atoms with E-state index in [1.165, 1.54) is 37.5 Å². The molecular formula is C18H28FN3. The van der Waals surface area contributed by atoms with Crippen molar-refractivity contribution in [1.82, 2.24) is 15.8 Å². The smallest absolute Gasteiger partial charge is 0.147 e. The summed E-state index contributed by atoms with van der Waals surface area (Å²) in [4.78, 5) is 0. The van der Waals surface area contributed by atoms with Gasteiger partial charge in [0.2, 0.25) is 0 Å². The van der Waals surface area contributed by atoms with E-state index in [4.69, 9.17) is 0 Å². The summed E-state index contributed by atoms with van der Waals surface area (Å²) in [6.45, 7) is 4.28. The van der Waals surface area contributed by atoms with E-state index in [0.29, 0.717) is 18.2 Å². The number of rotatable bonds is 10. The molecule has 2 aliphatic carbocycles. The molecule has 0 spiro atoms. The number of nitrogens with zero attached hydrogens (tertiary/aromatic N) is 1. The lowest BCUT2D eigenvalue weighted by Crippen LogP contribution is -2.34. The highest BCUT2D eigenvalue weighted by Gasteiger charge is 2.32. The molecule has 0 aromatic rings. The summed E-state index contributed by atoms with van der Waals surface area (Å²) < 4.78 is 14.3. The van der Waals surface area contributed by atoms with Gasteiger partial charge in [0.25, 0.3) is 0 Å². The Morgan fingerprint density at radius 2 is 2.00 bits per heavy atom. The minimum Gasteiger partial charge on any atom is -0.316 e. The van der Waals surface area contributed by atoms with Gasteiger partial charge in [-0.25, -0.2) is 9.82 Å². The van der Waals surface area contributed by atoms with Gasteiger partial charge in [-0.2, -0.15) is 0 Å². The Morgan fingerprint density at radius 3 is 2.50 bits per heavy atom. The summed E-state index contributed by atoms with van der Waals surface area (Å²) >= 11 is 0. The highest BCUT2D eigenvalue weighted by atomic mass is 19.1. The number of halogens is 1. The normalized spacial score (nSPS) is 20.2. The third-order valence-corrected chi connectivity index (χ3v) is 4.10. The van der Waals surface area contributed by atoms with Crippen LogP contribution in [0.2, 0.25) is 0 Å². The zero-order chi connectivity index (χ0) is 15.9. The fraction of sp³-hybridized carbons (Fsp3) is 0.556. The first-order valence-electron chi connectivity index (χ1n) is 8.22. The second-order valence-corrected chi connectivity index (χ2v) is 6.04. The summed E-state index contributed by atoms with van der Waals surface area (Å²) in [7, 11) is 3.72. The summed E-state index contributed by atoms with van der Waals surface area (Å²) in [6, 6.07) is 0. The highest BCUT2D eigenvalue weighted by Crippen LogP contribution is 2.41. The largest absolute Gasteiger partial charge is 0.316 e. The van der Waals surface area contributed by atoms with Crippen molar-refractivity contribution in [2.45, 2.75) is 32.1 Å². The van der Waals surface area contributed by atoms with Gasteiger partial charge in [-0.15, -0.1) is 0 Å². The maximum absolute atomic E-state index is 14.3. The molecule has 2 N–H and O–H groups in total. The third kappa shape index (κ3) is 4.82. The second-order valence-electron chi connectivity index (χ2n) is 6.04. The van der Waals surface area contributed by atoms with Crippen molar-refractivity contribution >= 4 is 0 Å². The van der Waals surface area contributed by atoms with E-state index in [9.17, 15) is 4.39 Å². The van der Waals surface area contributed by atoms with E-state index in [1.807, 2.05) is 31.3 Å².